The maximum atomic E-state index is 14.4. The van der Waals surface area contributed by atoms with Gasteiger partial charge in [0.2, 0.25) is 17.3 Å². The summed E-state index contributed by atoms with van der Waals surface area (Å²) in [4.78, 5) is 34.6. The van der Waals surface area contributed by atoms with Gasteiger partial charge in [-0.2, -0.15) is 26.3 Å². The molecule has 4 rings (SSSR count). The molecule has 0 spiro atoms. The zero-order valence-corrected chi connectivity index (χ0v) is 20.2. The van der Waals surface area contributed by atoms with Crippen LogP contribution in [0.5, 0.6) is 5.75 Å². The molecule has 3 heterocycles. The van der Waals surface area contributed by atoms with Gasteiger partial charge in [0, 0.05) is 17.3 Å². The van der Waals surface area contributed by atoms with E-state index in [2.05, 4.69) is 15.0 Å². The van der Waals surface area contributed by atoms with E-state index >= 15 is 0 Å². The first-order valence-corrected chi connectivity index (χ1v) is 11.2. The van der Waals surface area contributed by atoms with Gasteiger partial charge in [-0.25, -0.2) is 19.3 Å². The van der Waals surface area contributed by atoms with Gasteiger partial charge in [-0.05, 0) is 43.3 Å². The highest BCUT2D eigenvalue weighted by atomic mass is 19.4. The third-order valence-electron chi connectivity index (χ3n) is 6.27. The largest absolute Gasteiger partial charge is 0.489 e. The van der Waals surface area contributed by atoms with E-state index in [1.807, 2.05) is 0 Å². The fourth-order valence-corrected chi connectivity index (χ4v) is 3.86. The van der Waals surface area contributed by atoms with Gasteiger partial charge in [-0.3, -0.25) is 9.59 Å². The Morgan fingerprint density at radius 2 is 1.75 bits per heavy atom. The van der Waals surface area contributed by atoms with E-state index in [4.69, 9.17) is 10.5 Å². The average Bonchev–Trinajstić information content (AvgIpc) is 3.24. The summed E-state index contributed by atoms with van der Waals surface area (Å²) in [5.74, 6) is -4.97. The van der Waals surface area contributed by atoms with Crippen molar-refractivity contribution < 1.29 is 50.2 Å². The molecule has 212 valence electrons. The number of alkyl halides is 6. The zero-order chi connectivity index (χ0) is 29.7. The Labute approximate surface area is 220 Å². The number of carbonyl (C=O) groups excluding carboxylic acids is 2. The topological polar surface area (TPSA) is 140 Å². The molecule has 0 saturated carbocycles. The maximum Gasteiger partial charge on any atom is 0.451 e. The zero-order valence-electron chi connectivity index (χ0n) is 20.2. The number of benzene rings is 1. The summed E-state index contributed by atoms with van der Waals surface area (Å²) >= 11 is 0. The number of halogens is 7. The molecule has 1 unspecified atom stereocenters. The van der Waals surface area contributed by atoms with Crippen molar-refractivity contribution in [3.63, 3.8) is 0 Å². The van der Waals surface area contributed by atoms with Crippen LogP contribution < -0.4 is 15.8 Å². The molecule has 40 heavy (non-hydrogen) atoms. The maximum absolute atomic E-state index is 14.4. The molecule has 1 aliphatic heterocycles. The summed E-state index contributed by atoms with van der Waals surface area (Å²) in [5.41, 5.74) is -2.54. The summed E-state index contributed by atoms with van der Waals surface area (Å²) in [7, 11) is 0. The standard InChI is InChI=1S/C24H18F7N5O4/c1-21(19(32)38)10-40-17-13(21)8-15(36-16(17)11-2-4-12(25)5-3-11)22(39,24(29,30)31)9-34-18(37)14-6-7-33-20(35-14)23(26,27)28/h2-8,39H,9-10H2,1H3,(H2,32,38)(H,34,37)/t21-,22?/m0/s1. The Morgan fingerprint density at radius 1 is 1.10 bits per heavy atom. The number of aliphatic hydroxyl groups is 1. The lowest BCUT2D eigenvalue weighted by Gasteiger charge is -2.31. The van der Waals surface area contributed by atoms with Crippen molar-refractivity contribution in [2.24, 2.45) is 5.73 Å². The molecule has 0 bridgehead atoms. The number of rotatable bonds is 6. The van der Waals surface area contributed by atoms with Crippen LogP contribution in [0.4, 0.5) is 30.7 Å². The van der Waals surface area contributed by atoms with Gasteiger partial charge < -0.3 is 20.9 Å². The van der Waals surface area contributed by atoms with Crippen LogP contribution in [-0.4, -0.2) is 51.2 Å². The summed E-state index contributed by atoms with van der Waals surface area (Å²) < 4.78 is 101. The Hall–Kier alpha value is -4.34. The Morgan fingerprint density at radius 3 is 2.33 bits per heavy atom. The van der Waals surface area contributed by atoms with Crippen molar-refractivity contribution in [1.29, 1.82) is 0 Å². The van der Waals surface area contributed by atoms with Crippen LogP contribution >= 0.6 is 0 Å². The molecule has 3 aromatic rings. The minimum Gasteiger partial charge on any atom is -0.489 e. The normalized spacial score (nSPS) is 18.4. The molecule has 1 aliphatic rings. The van der Waals surface area contributed by atoms with Crippen molar-refractivity contribution >= 4 is 11.8 Å². The third-order valence-corrected chi connectivity index (χ3v) is 6.27. The van der Waals surface area contributed by atoms with Crippen molar-refractivity contribution in [1.82, 2.24) is 20.3 Å². The molecule has 0 radical (unpaired) electrons. The molecule has 0 aliphatic carbocycles. The summed E-state index contributed by atoms with van der Waals surface area (Å²) in [6.45, 7) is -0.710. The van der Waals surface area contributed by atoms with Crippen LogP contribution in [0.3, 0.4) is 0 Å². The predicted octanol–water partition coefficient (Wildman–Crippen LogP) is 3.01. The molecule has 4 N–H and O–H groups in total. The van der Waals surface area contributed by atoms with Crippen LogP contribution in [-0.2, 0) is 22.0 Å². The van der Waals surface area contributed by atoms with Crippen LogP contribution in [0.15, 0.2) is 42.6 Å². The molecule has 2 atom stereocenters. The van der Waals surface area contributed by atoms with Gasteiger partial charge in [0.05, 0.1) is 12.2 Å². The molecule has 1 aromatic carbocycles. The highest BCUT2D eigenvalue weighted by Crippen LogP contribution is 2.47. The van der Waals surface area contributed by atoms with Crippen molar-refractivity contribution in [2.45, 2.75) is 30.3 Å². The first-order chi connectivity index (χ1) is 18.5. The number of hydrogen-bond acceptors (Lipinski definition) is 7. The minimum atomic E-state index is -5.52. The van der Waals surface area contributed by atoms with Crippen molar-refractivity contribution in [3.05, 3.63) is 71.2 Å². The van der Waals surface area contributed by atoms with Gasteiger partial charge in [0.1, 0.15) is 35.0 Å². The summed E-state index contributed by atoms with van der Waals surface area (Å²) in [6.07, 6.45) is -9.97. The first kappa shape index (κ1) is 28.7. The fraction of sp³-hybridized carbons (Fsp3) is 0.292. The van der Waals surface area contributed by atoms with Gasteiger partial charge in [0.25, 0.3) is 5.91 Å². The third kappa shape index (κ3) is 5.01. The van der Waals surface area contributed by atoms with E-state index in [0.717, 1.165) is 24.3 Å². The lowest BCUT2D eigenvalue weighted by atomic mass is 9.81. The molecule has 9 nitrogen and oxygen atoms in total. The molecule has 16 heteroatoms. The monoisotopic (exact) mass is 573 g/mol. The number of carbonyl (C=O) groups is 2. The highest BCUT2D eigenvalue weighted by Gasteiger charge is 2.57. The van der Waals surface area contributed by atoms with Gasteiger partial charge in [-0.15, -0.1) is 0 Å². The second kappa shape index (κ2) is 9.69. The predicted molar refractivity (Wildman–Crippen MR) is 121 cm³/mol. The molecule has 0 saturated heterocycles. The van der Waals surface area contributed by atoms with Crippen LogP contribution in [0.2, 0.25) is 0 Å². The lowest BCUT2D eigenvalue weighted by Crippen LogP contribution is -2.52. The van der Waals surface area contributed by atoms with Crippen LogP contribution in [0.1, 0.15) is 34.5 Å². The Kier molecular flexibility index (Phi) is 6.94. The number of ether oxygens (including phenoxy) is 1. The number of pyridine rings is 1. The van der Waals surface area contributed by atoms with E-state index < -0.39 is 64.8 Å². The number of primary amides is 1. The second-order valence-corrected chi connectivity index (χ2v) is 9.03. The summed E-state index contributed by atoms with van der Waals surface area (Å²) in [5, 5.41) is 12.6. The van der Waals surface area contributed by atoms with Crippen molar-refractivity contribution in [2.75, 3.05) is 13.2 Å². The number of nitrogens with two attached hydrogens (primary N) is 1. The van der Waals surface area contributed by atoms with Gasteiger partial charge in [0.15, 0.2) is 0 Å². The Balaban J connectivity index is 1.81. The minimum absolute atomic E-state index is 0.0578. The van der Waals surface area contributed by atoms with Crippen LogP contribution in [0, 0.1) is 5.82 Å². The van der Waals surface area contributed by atoms with E-state index in [1.54, 1.807) is 5.32 Å². The quantitative estimate of drug-likeness (QED) is 0.385. The number of amides is 2. The van der Waals surface area contributed by atoms with E-state index in [0.29, 0.717) is 6.20 Å². The molecule has 2 aromatic heterocycles. The second-order valence-electron chi connectivity index (χ2n) is 9.03. The number of nitrogens with one attached hydrogen (secondary N) is 1. The first-order valence-electron chi connectivity index (χ1n) is 11.2. The molecular formula is C24H18F7N5O4. The highest BCUT2D eigenvalue weighted by molar-refractivity contribution is 5.92. The molecule has 0 fully saturated rings. The van der Waals surface area contributed by atoms with Gasteiger partial charge >= 0.3 is 12.4 Å². The number of fused-ring (bicyclic) bond motifs is 1. The molecular weight excluding hydrogens is 555 g/mol. The Bertz CT molecular complexity index is 1480. The van der Waals surface area contributed by atoms with E-state index in [-0.39, 0.29) is 29.2 Å². The van der Waals surface area contributed by atoms with E-state index in [1.165, 1.54) is 19.1 Å². The van der Waals surface area contributed by atoms with Gasteiger partial charge in [-0.1, -0.05) is 0 Å². The molecule has 2 amide bonds. The number of hydrogen-bond donors (Lipinski definition) is 3. The smallest absolute Gasteiger partial charge is 0.451 e. The SMILES string of the molecule is C[C@]1(C(N)=O)COc2c1cc(C(O)(CNC(=O)c1ccnc(C(F)(F)F)n1)C(F)(F)F)nc2-c1ccc(F)cc1. The summed E-state index contributed by atoms with van der Waals surface area (Å²) in [6, 6.07) is 5.80. The van der Waals surface area contributed by atoms with Crippen LogP contribution in [0.25, 0.3) is 11.3 Å². The average molecular weight is 573 g/mol. The van der Waals surface area contributed by atoms with Crippen molar-refractivity contribution in [3.8, 4) is 17.0 Å². The number of nitrogens with zero attached hydrogens (tertiary/aromatic N) is 3. The lowest BCUT2D eigenvalue weighted by molar-refractivity contribution is -0.265. The van der Waals surface area contributed by atoms with E-state index in [9.17, 15) is 45.4 Å². The fourth-order valence-electron chi connectivity index (χ4n) is 3.86. The number of aromatic nitrogens is 3.